The monoisotopic (exact) mass is 312 g/mol. The molecule has 1 fully saturated rings. The van der Waals surface area contributed by atoms with Crippen LogP contribution < -0.4 is 10.5 Å². The van der Waals surface area contributed by atoms with Crippen molar-refractivity contribution < 1.29 is 13.2 Å². The molecule has 0 spiro atoms. The molecular weight excluding hydrogens is 288 g/mol. The minimum absolute atomic E-state index is 0.261. The van der Waals surface area contributed by atoms with Crippen molar-refractivity contribution >= 4 is 10.0 Å². The summed E-state index contributed by atoms with van der Waals surface area (Å²) in [4.78, 5) is 0.334. The van der Waals surface area contributed by atoms with Gasteiger partial charge in [-0.25, -0.2) is 8.42 Å². The summed E-state index contributed by atoms with van der Waals surface area (Å²) in [7, 11) is -3.44. The van der Waals surface area contributed by atoms with E-state index in [1.54, 1.807) is 22.5 Å². The minimum Gasteiger partial charge on any atom is -0.494 e. The van der Waals surface area contributed by atoms with Gasteiger partial charge in [0.1, 0.15) is 5.75 Å². The van der Waals surface area contributed by atoms with Crippen molar-refractivity contribution in [3.8, 4) is 5.75 Å². The van der Waals surface area contributed by atoms with Crippen LogP contribution >= 0.6 is 0 Å². The fraction of sp³-hybridized carbons (Fsp3) is 0.600. The molecule has 0 amide bonds. The number of piperidine rings is 1. The highest BCUT2D eigenvalue weighted by Crippen LogP contribution is 2.27. The predicted octanol–water partition coefficient (Wildman–Crippen LogP) is 1.75. The molecule has 0 aromatic heterocycles. The summed E-state index contributed by atoms with van der Waals surface area (Å²) < 4.78 is 32.4. The van der Waals surface area contributed by atoms with Crippen molar-refractivity contribution in [1.29, 1.82) is 0 Å². The average molecular weight is 312 g/mol. The van der Waals surface area contributed by atoms with Gasteiger partial charge in [0.25, 0.3) is 0 Å². The number of rotatable bonds is 5. The van der Waals surface area contributed by atoms with E-state index >= 15 is 0 Å². The second-order valence-corrected chi connectivity index (χ2v) is 7.41. The third kappa shape index (κ3) is 3.56. The standard InChI is InChI=1S/C15H24N2O3S/c1-3-20-15-7-6-14(9-12(15)2)21(18,19)17-8-4-5-13(10-16)11-17/h6-7,9,13H,3-5,8,10-11,16H2,1-2H3. The van der Waals surface area contributed by atoms with Crippen LogP contribution in [0.2, 0.25) is 0 Å². The van der Waals surface area contributed by atoms with E-state index < -0.39 is 10.0 Å². The Morgan fingerprint density at radius 2 is 2.19 bits per heavy atom. The lowest BCUT2D eigenvalue weighted by Crippen LogP contribution is -2.41. The van der Waals surface area contributed by atoms with Crippen molar-refractivity contribution in [2.24, 2.45) is 11.7 Å². The molecule has 1 aliphatic rings. The molecule has 5 nitrogen and oxygen atoms in total. The maximum atomic E-state index is 12.7. The molecule has 6 heteroatoms. The Morgan fingerprint density at radius 3 is 2.81 bits per heavy atom. The van der Waals surface area contributed by atoms with Gasteiger partial charge in [0, 0.05) is 13.1 Å². The number of aryl methyl sites for hydroxylation is 1. The summed E-state index contributed by atoms with van der Waals surface area (Å²) in [6.07, 6.45) is 1.88. The summed E-state index contributed by atoms with van der Waals surface area (Å²) in [6, 6.07) is 5.04. The first-order valence-corrected chi connectivity index (χ1v) is 8.86. The van der Waals surface area contributed by atoms with E-state index in [9.17, 15) is 8.42 Å². The van der Waals surface area contributed by atoms with Crippen LogP contribution in [0.15, 0.2) is 23.1 Å². The zero-order valence-electron chi connectivity index (χ0n) is 12.7. The van der Waals surface area contributed by atoms with Gasteiger partial charge in [-0.05, 0) is 62.9 Å². The Bertz CT molecular complexity index is 587. The summed E-state index contributed by atoms with van der Waals surface area (Å²) in [6.45, 7) is 5.97. The summed E-state index contributed by atoms with van der Waals surface area (Å²) in [5.41, 5.74) is 6.52. The Kier molecular flexibility index (Phi) is 5.24. The van der Waals surface area contributed by atoms with Crippen molar-refractivity contribution in [3.63, 3.8) is 0 Å². The lowest BCUT2D eigenvalue weighted by atomic mass is 10.0. The average Bonchev–Trinajstić information content (AvgIpc) is 2.49. The maximum Gasteiger partial charge on any atom is 0.243 e. The molecular formula is C15H24N2O3S. The normalized spacial score (nSPS) is 20.4. The molecule has 0 bridgehead atoms. The number of hydrogen-bond acceptors (Lipinski definition) is 4. The molecule has 0 aliphatic carbocycles. The number of nitrogens with two attached hydrogens (primary N) is 1. The van der Waals surface area contributed by atoms with E-state index in [4.69, 9.17) is 10.5 Å². The van der Waals surface area contributed by atoms with Crippen molar-refractivity contribution in [3.05, 3.63) is 23.8 Å². The lowest BCUT2D eigenvalue weighted by Gasteiger charge is -2.31. The third-order valence-corrected chi connectivity index (χ3v) is 5.76. The molecule has 0 saturated carbocycles. The molecule has 1 heterocycles. The van der Waals surface area contributed by atoms with Gasteiger partial charge in [-0.3, -0.25) is 0 Å². The zero-order valence-corrected chi connectivity index (χ0v) is 13.5. The molecule has 1 aliphatic heterocycles. The molecule has 1 saturated heterocycles. The highest BCUT2D eigenvalue weighted by atomic mass is 32.2. The molecule has 2 N–H and O–H groups in total. The van der Waals surface area contributed by atoms with Crippen LogP contribution in [0.25, 0.3) is 0 Å². The van der Waals surface area contributed by atoms with Crippen LogP contribution in [-0.2, 0) is 10.0 Å². The number of ether oxygens (including phenoxy) is 1. The molecule has 0 radical (unpaired) electrons. The number of benzene rings is 1. The van der Waals surface area contributed by atoms with Gasteiger partial charge in [0.2, 0.25) is 10.0 Å². The third-order valence-electron chi connectivity index (χ3n) is 3.90. The van der Waals surface area contributed by atoms with Crippen LogP contribution in [0.1, 0.15) is 25.3 Å². The quantitative estimate of drug-likeness (QED) is 0.899. The highest BCUT2D eigenvalue weighted by Gasteiger charge is 2.29. The Labute approximate surface area is 127 Å². The zero-order chi connectivity index (χ0) is 15.5. The first-order valence-electron chi connectivity index (χ1n) is 7.42. The molecule has 1 aromatic rings. The van der Waals surface area contributed by atoms with Crippen LogP contribution in [0.3, 0.4) is 0 Å². The lowest BCUT2D eigenvalue weighted by molar-refractivity contribution is 0.271. The number of hydrogen-bond donors (Lipinski definition) is 1. The van der Waals surface area contributed by atoms with Gasteiger partial charge in [-0.2, -0.15) is 4.31 Å². The highest BCUT2D eigenvalue weighted by molar-refractivity contribution is 7.89. The Hall–Kier alpha value is -1.11. The minimum atomic E-state index is -3.44. The van der Waals surface area contributed by atoms with Gasteiger partial charge < -0.3 is 10.5 Å². The second kappa shape index (κ2) is 6.77. The fourth-order valence-electron chi connectivity index (χ4n) is 2.69. The van der Waals surface area contributed by atoms with Gasteiger partial charge in [-0.15, -0.1) is 0 Å². The summed E-state index contributed by atoms with van der Waals surface area (Å²) in [5.74, 6) is 0.993. The fourth-order valence-corrected chi connectivity index (χ4v) is 4.33. The van der Waals surface area contributed by atoms with Gasteiger partial charge >= 0.3 is 0 Å². The van der Waals surface area contributed by atoms with E-state index in [0.29, 0.717) is 31.1 Å². The van der Waals surface area contributed by atoms with E-state index in [2.05, 4.69) is 0 Å². The summed E-state index contributed by atoms with van der Waals surface area (Å²) in [5, 5.41) is 0. The van der Waals surface area contributed by atoms with Gasteiger partial charge in [0.05, 0.1) is 11.5 Å². The van der Waals surface area contributed by atoms with E-state index in [1.165, 1.54) is 0 Å². The Balaban J connectivity index is 2.25. The first-order chi connectivity index (χ1) is 9.98. The predicted molar refractivity (Wildman–Crippen MR) is 82.9 cm³/mol. The van der Waals surface area contributed by atoms with Crippen molar-refractivity contribution in [2.45, 2.75) is 31.6 Å². The maximum absolute atomic E-state index is 12.7. The molecule has 2 rings (SSSR count). The van der Waals surface area contributed by atoms with Crippen LogP contribution in [0.4, 0.5) is 0 Å². The van der Waals surface area contributed by atoms with Crippen LogP contribution in [0.5, 0.6) is 5.75 Å². The van der Waals surface area contributed by atoms with Crippen LogP contribution in [-0.4, -0.2) is 39.0 Å². The van der Waals surface area contributed by atoms with E-state index in [1.807, 2.05) is 13.8 Å². The van der Waals surface area contributed by atoms with Gasteiger partial charge in [0.15, 0.2) is 0 Å². The summed E-state index contributed by atoms with van der Waals surface area (Å²) >= 11 is 0. The van der Waals surface area contributed by atoms with Crippen molar-refractivity contribution in [1.82, 2.24) is 4.31 Å². The molecule has 1 atom stereocenters. The largest absolute Gasteiger partial charge is 0.494 e. The van der Waals surface area contributed by atoms with E-state index in [0.717, 1.165) is 24.2 Å². The molecule has 1 unspecified atom stereocenters. The molecule has 118 valence electrons. The smallest absolute Gasteiger partial charge is 0.243 e. The number of sulfonamides is 1. The molecule has 21 heavy (non-hydrogen) atoms. The molecule has 1 aromatic carbocycles. The van der Waals surface area contributed by atoms with Gasteiger partial charge in [-0.1, -0.05) is 0 Å². The second-order valence-electron chi connectivity index (χ2n) is 5.47. The number of nitrogens with zero attached hydrogens (tertiary/aromatic N) is 1. The van der Waals surface area contributed by atoms with E-state index in [-0.39, 0.29) is 5.92 Å². The Morgan fingerprint density at radius 1 is 1.43 bits per heavy atom. The SMILES string of the molecule is CCOc1ccc(S(=O)(=O)N2CCCC(CN)C2)cc1C. The first kappa shape index (κ1) is 16.3. The van der Waals surface area contributed by atoms with Crippen molar-refractivity contribution in [2.75, 3.05) is 26.2 Å². The van der Waals surface area contributed by atoms with Crippen LogP contribution in [0, 0.1) is 12.8 Å². The topological polar surface area (TPSA) is 72.6 Å².